The van der Waals surface area contributed by atoms with Gasteiger partial charge in [0.05, 0.1) is 0 Å². The van der Waals surface area contributed by atoms with Gasteiger partial charge >= 0.3 is 0 Å². The Morgan fingerprint density at radius 3 is 2.79 bits per heavy atom. The second kappa shape index (κ2) is 8.08. The number of aryl methyl sites for hydroxylation is 1. The molecule has 2 aromatic rings. The van der Waals surface area contributed by atoms with Crippen molar-refractivity contribution in [1.82, 2.24) is 4.98 Å². The lowest BCUT2D eigenvalue weighted by Crippen LogP contribution is -2.14. The molecule has 3 rings (SSSR count). The quantitative estimate of drug-likeness (QED) is 0.511. The number of hydrogen-bond donors (Lipinski definition) is 1. The number of benzene rings is 1. The van der Waals surface area contributed by atoms with Gasteiger partial charge in [-0.05, 0) is 67.2 Å². The van der Waals surface area contributed by atoms with Gasteiger partial charge in [-0.3, -0.25) is 0 Å². The van der Waals surface area contributed by atoms with Gasteiger partial charge in [0.15, 0.2) is 0 Å². The molecule has 0 bridgehead atoms. The van der Waals surface area contributed by atoms with E-state index >= 15 is 0 Å². The first-order valence-corrected chi connectivity index (χ1v) is 10.6. The molecule has 2 atom stereocenters. The second-order valence-corrected chi connectivity index (χ2v) is 9.30. The van der Waals surface area contributed by atoms with Crippen LogP contribution in [0.25, 0.3) is 10.9 Å². The van der Waals surface area contributed by atoms with E-state index in [4.69, 9.17) is 0 Å². The lowest BCUT2D eigenvalue weighted by Gasteiger charge is -2.24. The molecule has 1 nitrogen and oxygen atoms in total. The van der Waals surface area contributed by atoms with Crippen molar-refractivity contribution in [1.29, 1.82) is 0 Å². The smallest absolute Gasteiger partial charge is 0.0459 e. The summed E-state index contributed by atoms with van der Waals surface area (Å²) in [5.74, 6) is 2.63. The van der Waals surface area contributed by atoms with Gasteiger partial charge in [-0.25, -0.2) is 0 Å². The number of fused-ring (bicyclic) bond motifs is 3. The molecule has 1 aliphatic rings. The Balaban J connectivity index is 1.53. The number of halogens is 1. The second-order valence-electron chi connectivity index (χ2n) is 8.39. The zero-order valence-corrected chi connectivity index (χ0v) is 17.1. The van der Waals surface area contributed by atoms with Crippen molar-refractivity contribution < 1.29 is 0 Å². The van der Waals surface area contributed by atoms with Crippen LogP contribution in [0, 0.1) is 17.8 Å². The summed E-state index contributed by atoms with van der Waals surface area (Å²) in [7, 11) is 0. The molecule has 1 aromatic carbocycles. The Morgan fingerprint density at radius 2 is 2.00 bits per heavy atom. The van der Waals surface area contributed by atoms with Crippen LogP contribution in [0.5, 0.6) is 0 Å². The molecule has 132 valence electrons. The third kappa shape index (κ3) is 4.45. The van der Waals surface area contributed by atoms with E-state index in [0.717, 1.165) is 17.8 Å². The number of nitrogens with one attached hydrogen (secondary N) is 1. The molecule has 0 spiro atoms. The molecular weight excluding hydrogens is 358 g/mol. The van der Waals surface area contributed by atoms with Gasteiger partial charge in [0, 0.05) is 21.1 Å². The van der Waals surface area contributed by atoms with E-state index in [2.05, 4.69) is 59.9 Å². The maximum absolute atomic E-state index is 3.69. The fourth-order valence-electron chi connectivity index (χ4n) is 4.26. The average molecular weight is 390 g/mol. The van der Waals surface area contributed by atoms with Gasteiger partial charge in [-0.1, -0.05) is 62.4 Å². The lowest BCUT2D eigenvalue weighted by molar-refractivity contribution is 0.353. The molecule has 0 saturated heterocycles. The summed E-state index contributed by atoms with van der Waals surface area (Å²) >= 11 is 3.61. The van der Waals surface area contributed by atoms with Gasteiger partial charge in [-0.2, -0.15) is 0 Å². The number of aromatic amines is 1. The number of H-pyrrole nitrogens is 1. The molecule has 1 heterocycles. The summed E-state index contributed by atoms with van der Waals surface area (Å²) in [6.07, 6.45) is 10.9. The normalized spacial score (nSPS) is 19.0. The van der Waals surface area contributed by atoms with Gasteiger partial charge in [0.1, 0.15) is 0 Å². The Bertz CT molecular complexity index is 670. The molecule has 1 N–H and O–H groups in total. The van der Waals surface area contributed by atoms with E-state index in [0.29, 0.717) is 0 Å². The minimum Gasteiger partial charge on any atom is -0.358 e. The van der Waals surface area contributed by atoms with E-state index in [9.17, 15) is 0 Å². The number of hydrogen-bond acceptors (Lipinski definition) is 0. The summed E-state index contributed by atoms with van der Waals surface area (Å²) in [5, 5.41) is 1.43. The molecule has 0 amide bonds. The minimum absolute atomic E-state index is 0.857. The van der Waals surface area contributed by atoms with E-state index in [1.807, 2.05) is 0 Å². The summed E-state index contributed by atoms with van der Waals surface area (Å²) in [6, 6.07) is 6.63. The maximum atomic E-state index is 3.69. The largest absolute Gasteiger partial charge is 0.358 e. The first kappa shape index (κ1) is 18.0. The Morgan fingerprint density at radius 1 is 1.17 bits per heavy atom. The zero-order chi connectivity index (χ0) is 17.1. The highest BCUT2D eigenvalue weighted by molar-refractivity contribution is 9.10. The van der Waals surface area contributed by atoms with Crippen molar-refractivity contribution in [2.75, 3.05) is 0 Å². The maximum Gasteiger partial charge on any atom is 0.0459 e. The van der Waals surface area contributed by atoms with Gasteiger partial charge in [0.2, 0.25) is 0 Å². The molecule has 2 heteroatoms. The average Bonchev–Trinajstić information content (AvgIpc) is 2.89. The molecule has 2 unspecified atom stereocenters. The van der Waals surface area contributed by atoms with Crippen LogP contribution in [0.4, 0.5) is 0 Å². The van der Waals surface area contributed by atoms with Crippen LogP contribution < -0.4 is 0 Å². The Labute approximate surface area is 155 Å². The predicted octanol–water partition coefficient (Wildman–Crippen LogP) is 7.28. The van der Waals surface area contributed by atoms with Crippen molar-refractivity contribution in [3.05, 3.63) is 33.9 Å². The van der Waals surface area contributed by atoms with Crippen molar-refractivity contribution in [2.24, 2.45) is 17.8 Å². The van der Waals surface area contributed by atoms with Crippen LogP contribution in [-0.2, 0) is 12.8 Å². The predicted molar refractivity (Wildman–Crippen MR) is 109 cm³/mol. The zero-order valence-electron chi connectivity index (χ0n) is 15.5. The van der Waals surface area contributed by atoms with Crippen molar-refractivity contribution in [3.63, 3.8) is 0 Å². The molecule has 0 fully saturated rings. The third-order valence-electron chi connectivity index (χ3n) is 5.80. The van der Waals surface area contributed by atoms with Gasteiger partial charge in [0.25, 0.3) is 0 Å². The summed E-state index contributed by atoms with van der Waals surface area (Å²) in [6.45, 7) is 7.13. The third-order valence-corrected chi connectivity index (χ3v) is 6.29. The lowest BCUT2D eigenvalue weighted by atomic mass is 9.82. The van der Waals surface area contributed by atoms with Crippen LogP contribution >= 0.6 is 15.9 Å². The first-order chi connectivity index (χ1) is 11.5. The van der Waals surface area contributed by atoms with Gasteiger partial charge in [-0.15, -0.1) is 0 Å². The highest BCUT2D eigenvalue weighted by Gasteiger charge is 2.22. The number of aromatic nitrogens is 1. The molecule has 1 aliphatic carbocycles. The van der Waals surface area contributed by atoms with E-state index < -0.39 is 0 Å². The summed E-state index contributed by atoms with van der Waals surface area (Å²) < 4.78 is 1.19. The fraction of sp³-hybridized carbons (Fsp3) is 0.636. The Kier molecular flexibility index (Phi) is 6.07. The molecule has 0 saturated carbocycles. The van der Waals surface area contributed by atoms with E-state index in [1.165, 1.54) is 72.4 Å². The van der Waals surface area contributed by atoms with Crippen molar-refractivity contribution in [2.45, 2.75) is 72.1 Å². The first-order valence-electron chi connectivity index (χ1n) is 9.82. The van der Waals surface area contributed by atoms with Crippen LogP contribution in [0.3, 0.4) is 0 Å². The van der Waals surface area contributed by atoms with Crippen LogP contribution in [0.15, 0.2) is 22.7 Å². The molecule has 24 heavy (non-hydrogen) atoms. The Hall–Kier alpha value is -0.760. The SMILES string of the molecule is CC(C)CCCC(C)CCC1CCc2c([nH]c3ccc(Br)cc23)C1. The van der Waals surface area contributed by atoms with Crippen LogP contribution in [0.1, 0.15) is 70.6 Å². The highest BCUT2D eigenvalue weighted by Crippen LogP contribution is 2.35. The van der Waals surface area contributed by atoms with Crippen molar-refractivity contribution >= 4 is 26.8 Å². The topological polar surface area (TPSA) is 15.8 Å². The summed E-state index contributed by atoms with van der Waals surface area (Å²) in [5.41, 5.74) is 4.39. The van der Waals surface area contributed by atoms with Crippen molar-refractivity contribution in [3.8, 4) is 0 Å². The van der Waals surface area contributed by atoms with E-state index in [-0.39, 0.29) is 0 Å². The monoisotopic (exact) mass is 389 g/mol. The fourth-order valence-corrected chi connectivity index (χ4v) is 4.62. The summed E-state index contributed by atoms with van der Waals surface area (Å²) in [4.78, 5) is 3.69. The standard InChI is InChI=1S/C22H32BrN/c1-15(2)5-4-6-16(3)7-8-17-9-11-19-20-14-18(23)10-12-21(20)24-22(19)13-17/h10,12,14-17,24H,4-9,11,13H2,1-3H3. The van der Waals surface area contributed by atoms with E-state index in [1.54, 1.807) is 5.56 Å². The molecule has 1 aromatic heterocycles. The number of rotatable bonds is 7. The highest BCUT2D eigenvalue weighted by atomic mass is 79.9. The van der Waals surface area contributed by atoms with Crippen LogP contribution in [-0.4, -0.2) is 4.98 Å². The van der Waals surface area contributed by atoms with Crippen LogP contribution in [0.2, 0.25) is 0 Å². The van der Waals surface area contributed by atoms with Gasteiger partial charge < -0.3 is 4.98 Å². The molecule has 0 radical (unpaired) electrons. The molecular formula is C22H32BrN. The minimum atomic E-state index is 0.857. The molecule has 0 aliphatic heterocycles.